The van der Waals surface area contributed by atoms with Gasteiger partial charge in [-0.25, -0.2) is 0 Å². The van der Waals surface area contributed by atoms with E-state index < -0.39 is 7.05 Å². The Bertz CT molecular complexity index is 1120. The van der Waals surface area contributed by atoms with Crippen LogP contribution in [0, 0.1) is 0 Å². The summed E-state index contributed by atoms with van der Waals surface area (Å²) < 4.78 is 5.43. The van der Waals surface area contributed by atoms with E-state index >= 15 is 0 Å². The largest absolute Gasteiger partial charge is 0.507 e. The van der Waals surface area contributed by atoms with Crippen molar-refractivity contribution in [3.63, 3.8) is 0 Å². The average Bonchev–Trinajstić information content (AvgIpc) is 2.76. The predicted molar refractivity (Wildman–Crippen MR) is 148 cm³/mol. The number of benzene rings is 3. The van der Waals surface area contributed by atoms with Crippen LogP contribution in [0.3, 0.4) is 0 Å². The highest BCUT2D eigenvalue weighted by Gasteiger charge is 2.34. The van der Waals surface area contributed by atoms with Gasteiger partial charge >= 0.3 is 0 Å². The van der Waals surface area contributed by atoms with E-state index in [-0.39, 0.29) is 10.8 Å². The zero-order chi connectivity index (χ0) is 25.1. The molecule has 0 atom stereocenters. The molecule has 3 aromatic rings. The molecule has 0 aliphatic heterocycles. The fraction of sp³-hybridized carbons (Fsp3) is 0.400. The van der Waals surface area contributed by atoms with Crippen LogP contribution >= 0.6 is 7.05 Å². The minimum Gasteiger partial charge on any atom is -0.507 e. The Labute approximate surface area is 206 Å². The molecule has 3 aromatic carbocycles. The first kappa shape index (κ1) is 26.1. The Morgan fingerprint density at radius 2 is 1.15 bits per heavy atom. The number of hydrogen-bond donors (Lipinski definition) is 2. The Balaban J connectivity index is 2.51. The van der Waals surface area contributed by atoms with Crippen LogP contribution in [0.5, 0.6) is 11.5 Å². The van der Waals surface area contributed by atoms with E-state index in [2.05, 4.69) is 48.5 Å². The van der Waals surface area contributed by atoms with Crippen molar-refractivity contribution in [1.82, 2.24) is 0 Å². The van der Waals surface area contributed by atoms with Gasteiger partial charge in [0.15, 0.2) is 0 Å². The molecule has 0 spiro atoms. The fourth-order valence-electron chi connectivity index (χ4n) is 4.48. The van der Waals surface area contributed by atoms with Crippen LogP contribution in [-0.4, -0.2) is 16.4 Å². The maximum atomic E-state index is 11.7. The fourth-order valence-corrected chi connectivity index (χ4v) is 8.44. The first-order valence-electron chi connectivity index (χ1n) is 12.2. The monoisotopic (exact) mass is 477 g/mol. The Kier molecular flexibility index (Phi) is 7.68. The molecule has 0 bridgehead atoms. The van der Waals surface area contributed by atoms with Crippen molar-refractivity contribution in [2.24, 2.45) is 4.74 Å². The van der Waals surface area contributed by atoms with Gasteiger partial charge in [-0.05, 0) is 58.8 Å². The molecule has 0 saturated carbocycles. The topological polar surface area (TPSA) is 52.8 Å². The zero-order valence-corrected chi connectivity index (χ0v) is 22.7. The molecule has 0 fully saturated rings. The van der Waals surface area contributed by atoms with Crippen LogP contribution in [0.1, 0.15) is 72.4 Å². The van der Waals surface area contributed by atoms with E-state index in [9.17, 15) is 10.2 Å². The summed E-state index contributed by atoms with van der Waals surface area (Å²) in [5, 5.41) is 25.1. The second-order valence-corrected chi connectivity index (χ2v) is 14.3. The molecule has 0 radical (unpaired) electrons. The van der Waals surface area contributed by atoms with Gasteiger partial charge in [0.05, 0.1) is 5.69 Å². The number of para-hydroxylation sites is 2. The quantitative estimate of drug-likeness (QED) is 0.354. The number of phenolic OH excluding ortho intramolecular Hbond substituents is 2. The third kappa shape index (κ3) is 5.26. The summed E-state index contributed by atoms with van der Waals surface area (Å²) in [4.78, 5) is 0. The summed E-state index contributed by atoms with van der Waals surface area (Å²) in [5.74, 6) is 0.611. The van der Waals surface area contributed by atoms with Crippen LogP contribution in [0.15, 0.2) is 71.5 Å². The molecule has 182 valence electrons. The molecular formula is C30H40NO2P. The number of aromatic hydroxyl groups is 2. The molecule has 3 nitrogen and oxygen atoms in total. The molecule has 0 amide bonds. The van der Waals surface area contributed by atoms with Gasteiger partial charge in [-0.15, -0.1) is 0 Å². The van der Waals surface area contributed by atoms with Crippen LogP contribution in [0.4, 0.5) is 5.69 Å². The molecular weight excluding hydrogens is 437 g/mol. The predicted octanol–water partition coefficient (Wildman–Crippen LogP) is 7.98. The van der Waals surface area contributed by atoms with Crippen LogP contribution in [-0.2, 0) is 10.8 Å². The third-order valence-corrected chi connectivity index (χ3v) is 10.2. The van der Waals surface area contributed by atoms with Gasteiger partial charge in [-0.3, -0.25) is 4.74 Å². The zero-order valence-electron chi connectivity index (χ0n) is 21.8. The standard InChI is InChI=1S/C30H40NO2P/c1-8-9-21-34(31-22-15-11-10-12-16-22,25-19-13-17-23(27(25)32)29(2,3)4)26-20-14-18-24(28(26)33)30(5,6)7/h10-20,32-33H,8-9,21H2,1-7H3. The highest BCUT2D eigenvalue weighted by Crippen LogP contribution is 2.56. The maximum Gasteiger partial charge on any atom is 0.128 e. The van der Waals surface area contributed by atoms with E-state index in [1.54, 1.807) is 0 Å². The van der Waals surface area contributed by atoms with Gasteiger partial charge in [-0.2, -0.15) is 0 Å². The van der Waals surface area contributed by atoms with E-state index in [4.69, 9.17) is 4.74 Å². The summed E-state index contributed by atoms with van der Waals surface area (Å²) in [5.41, 5.74) is 2.24. The lowest BCUT2D eigenvalue weighted by molar-refractivity contribution is 0.450. The number of nitrogens with zero attached hydrogens (tertiary/aromatic N) is 1. The van der Waals surface area contributed by atoms with Crippen molar-refractivity contribution in [1.29, 1.82) is 0 Å². The lowest BCUT2D eigenvalue weighted by Crippen LogP contribution is -2.24. The van der Waals surface area contributed by atoms with Gasteiger partial charge in [-0.1, -0.05) is 97.4 Å². The molecule has 0 aliphatic carbocycles. The molecule has 4 heteroatoms. The van der Waals surface area contributed by atoms with Crippen LogP contribution in [0.2, 0.25) is 0 Å². The molecule has 34 heavy (non-hydrogen) atoms. The molecule has 0 heterocycles. The SMILES string of the molecule is CCCCP(=Nc1ccccc1)(c1cccc(C(C)(C)C)c1O)c1cccc(C(C)(C)C)c1O. The first-order valence-corrected chi connectivity index (χ1v) is 14.2. The van der Waals surface area contributed by atoms with E-state index in [0.717, 1.165) is 46.4 Å². The second-order valence-electron chi connectivity index (χ2n) is 11.1. The molecule has 3 rings (SSSR count). The van der Waals surface area contributed by atoms with Gasteiger partial charge in [0.25, 0.3) is 0 Å². The Hall–Kier alpha value is -2.51. The van der Waals surface area contributed by atoms with Gasteiger partial charge in [0, 0.05) is 17.7 Å². The van der Waals surface area contributed by atoms with Gasteiger partial charge < -0.3 is 10.2 Å². The first-order chi connectivity index (χ1) is 15.9. The molecule has 2 N–H and O–H groups in total. The highest BCUT2D eigenvalue weighted by atomic mass is 31.2. The highest BCUT2D eigenvalue weighted by molar-refractivity contribution is 7.81. The van der Waals surface area contributed by atoms with Gasteiger partial charge in [0.2, 0.25) is 0 Å². The third-order valence-electron chi connectivity index (χ3n) is 6.32. The van der Waals surface area contributed by atoms with Crippen molar-refractivity contribution in [3.05, 3.63) is 77.9 Å². The van der Waals surface area contributed by atoms with Crippen molar-refractivity contribution < 1.29 is 10.2 Å². The number of rotatable bonds is 6. The van der Waals surface area contributed by atoms with Crippen molar-refractivity contribution in [2.75, 3.05) is 6.16 Å². The van der Waals surface area contributed by atoms with E-state index in [1.807, 2.05) is 66.7 Å². The van der Waals surface area contributed by atoms with E-state index in [1.165, 1.54) is 0 Å². The Morgan fingerprint density at radius 1 is 0.676 bits per heavy atom. The summed E-state index contributed by atoms with van der Waals surface area (Å²) in [6.45, 7) is 14.9. The Morgan fingerprint density at radius 3 is 1.56 bits per heavy atom. The lowest BCUT2D eigenvalue weighted by Gasteiger charge is -2.32. The summed E-state index contributed by atoms with van der Waals surface area (Å²) in [6, 6.07) is 22.1. The number of hydrogen-bond acceptors (Lipinski definition) is 3. The normalized spacial score (nSPS) is 12.6. The molecule has 0 aliphatic rings. The van der Waals surface area contributed by atoms with Crippen molar-refractivity contribution >= 4 is 23.4 Å². The van der Waals surface area contributed by atoms with Crippen LogP contribution < -0.4 is 10.6 Å². The second kappa shape index (κ2) is 10.0. The van der Waals surface area contributed by atoms with Gasteiger partial charge in [0.1, 0.15) is 11.5 Å². The summed E-state index contributed by atoms with van der Waals surface area (Å²) >= 11 is 0. The average molecular weight is 478 g/mol. The number of phenols is 2. The number of unbranched alkanes of at least 4 members (excludes halogenated alkanes) is 1. The maximum absolute atomic E-state index is 11.7. The molecule has 0 aromatic heterocycles. The summed E-state index contributed by atoms with van der Waals surface area (Å²) in [6.07, 6.45) is 2.73. The molecule has 0 unspecified atom stereocenters. The minimum atomic E-state index is -2.58. The van der Waals surface area contributed by atoms with Crippen LogP contribution in [0.25, 0.3) is 0 Å². The molecule has 0 saturated heterocycles. The van der Waals surface area contributed by atoms with Crippen molar-refractivity contribution in [2.45, 2.75) is 72.1 Å². The smallest absolute Gasteiger partial charge is 0.128 e. The van der Waals surface area contributed by atoms with E-state index in [0.29, 0.717) is 11.5 Å². The lowest BCUT2D eigenvalue weighted by atomic mass is 9.86. The van der Waals surface area contributed by atoms with Crippen molar-refractivity contribution in [3.8, 4) is 11.5 Å². The summed E-state index contributed by atoms with van der Waals surface area (Å²) in [7, 11) is -2.58. The minimum absolute atomic E-state index is 0.220.